The molecular formula is C17H19NOS. The lowest BCUT2D eigenvalue weighted by atomic mass is 10.0. The molecular weight excluding hydrogens is 266 g/mol. The Balaban J connectivity index is 2.04. The molecule has 20 heavy (non-hydrogen) atoms. The van der Waals surface area contributed by atoms with Gasteiger partial charge in [-0.2, -0.15) is 0 Å². The molecule has 0 radical (unpaired) electrons. The Labute approximate surface area is 124 Å². The van der Waals surface area contributed by atoms with E-state index in [1.54, 1.807) is 11.3 Å². The maximum Gasteiger partial charge on any atom is 0.123 e. The zero-order chi connectivity index (χ0) is 14.4. The van der Waals surface area contributed by atoms with Gasteiger partial charge < -0.3 is 10.5 Å². The summed E-state index contributed by atoms with van der Waals surface area (Å²) in [5, 5.41) is 0. The minimum absolute atomic E-state index is 0.394. The lowest BCUT2D eigenvalue weighted by Gasteiger charge is -2.13. The van der Waals surface area contributed by atoms with Crippen molar-refractivity contribution in [2.24, 2.45) is 5.73 Å². The molecule has 0 aliphatic heterocycles. The smallest absolute Gasteiger partial charge is 0.123 e. The predicted molar refractivity (Wildman–Crippen MR) is 85.1 cm³/mol. The van der Waals surface area contributed by atoms with Gasteiger partial charge >= 0.3 is 0 Å². The lowest BCUT2D eigenvalue weighted by molar-refractivity contribution is 0.305. The van der Waals surface area contributed by atoms with Crippen LogP contribution >= 0.6 is 11.3 Å². The molecule has 2 rings (SSSR count). The molecule has 0 bridgehead atoms. The van der Waals surface area contributed by atoms with Gasteiger partial charge in [-0.1, -0.05) is 43.9 Å². The minimum Gasteiger partial charge on any atom is -0.488 e. The van der Waals surface area contributed by atoms with Crippen LogP contribution in [0.25, 0.3) is 0 Å². The standard InChI is InChI=1S/C17H19NOS/c1-13(2)16-7-3-4-8-17(16)19-12-15-10-9-14(20-15)6-5-11-18/h3-4,7-10,13H,11-12,18H2,1-2H3. The van der Waals surface area contributed by atoms with E-state index in [4.69, 9.17) is 10.5 Å². The Morgan fingerprint density at radius 3 is 2.75 bits per heavy atom. The normalized spacial score (nSPS) is 10.2. The van der Waals surface area contributed by atoms with Crippen molar-refractivity contribution < 1.29 is 4.74 Å². The van der Waals surface area contributed by atoms with Crippen molar-refractivity contribution >= 4 is 11.3 Å². The Kier molecular flexibility index (Phi) is 5.23. The van der Waals surface area contributed by atoms with Crippen molar-refractivity contribution in [2.75, 3.05) is 6.54 Å². The first-order valence-corrected chi connectivity index (χ1v) is 7.51. The maximum atomic E-state index is 5.94. The van der Waals surface area contributed by atoms with Crippen LogP contribution in [-0.4, -0.2) is 6.54 Å². The molecule has 0 atom stereocenters. The third kappa shape index (κ3) is 3.86. The summed E-state index contributed by atoms with van der Waals surface area (Å²) in [6.07, 6.45) is 0. The summed E-state index contributed by atoms with van der Waals surface area (Å²) >= 11 is 1.65. The summed E-state index contributed by atoms with van der Waals surface area (Å²) in [7, 11) is 0. The van der Waals surface area contributed by atoms with Gasteiger partial charge in [0.2, 0.25) is 0 Å². The van der Waals surface area contributed by atoms with Crippen molar-refractivity contribution in [1.82, 2.24) is 0 Å². The number of rotatable bonds is 4. The van der Waals surface area contributed by atoms with Crippen LogP contribution in [0, 0.1) is 11.8 Å². The molecule has 0 spiro atoms. The Hall–Kier alpha value is -1.76. The molecule has 1 heterocycles. The number of benzene rings is 1. The number of hydrogen-bond acceptors (Lipinski definition) is 3. The van der Waals surface area contributed by atoms with Crippen molar-refractivity contribution in [3.05, 3.63) is 51.7 Å². The highest BCUT2D eigenvalue weighted by Crippen LogP contribution is 2.27. The molecule has 0 aliphatic carbocycles. The van der Waals surface area contributed by atoms with Crippen molar-refractivity contribution in [2.45, 2.75) is 26.4 Å². The monoisotopic (exact) mass is 285 g/mol. The van der Waals surface area contributed by atoms with Crippen molar-refractivity contribution in [3.63, 3.8) is 0 Å². The summed E-state index contributed by atoms with van der Waals surface area (Å²) in [4.78, 5) is 2.20. The van der Waals surface area contributed by atoms with Crippen LogP contribution in [0.1, 0.15) is 35.1 Å². The fraction of sp³-hybridized carbons (Fsp3) is 0.294. The van der Waals surface area contributed by atoms with Crippen molar-refractivity contribution in [3.8, 4) is 17.6 Å². The van der Waals surface area contributed by atoms with Crippen LogP contribution in [0.3, 0.4) is 0 Å². The molecule has 1 aromatic carbocycles. The van der Waals surface area contributed by atoms with E-state index in [0.717, 1.165) is 10.6 Å². The SMILES string of the molecule is CC(C)c1ccccc1OCc1ccc(C#CCN)s1. The maximum absolute atomic E-state index is 5.94. The summed E-state index contributed by atoms with van der Waals surface area (Å²) in [5.41, 5.74) is 6.61. The third-order valence-corrected chi connectivity index (χ3v) is 3.86. The zero-order valence-corrected chi connectivity index (χ0v) is 12.7. The van der Waals surface area contributed by atoms with Crippen LogP contribution in [-0.2, 0) is 6.61 Å². The summed E-state index contributed by atoms with van der Waals surface area (Å²) in [5.74, 6) is 7.33. The van der Waals surface area contributed by atoms with Gasteiger partial charge in [-0.15, -0.1) is 11.3 Å². The fourth-order valence-electron chi connectivity index (χ4n) is 1.90. The molecule has 0 unspecified atom stereocenters. The van der Waals surface area contributed by atoms with E-state index in [1.807, 2.05) is 24.3 Å². The van der Waals surface area contributed by atoms with Gasteiger partial charge in [-0.3, -0.25) is 0 Å². The molecule has 0 fully saturated rings. The van der Waals surface area contributed by atoms with Crippen LogP contribution in [0.4, 0.5) is 0 Å². The van der Waals surface area contributed by atoms with Gasteiger partial charge in [0.05, 0.1) is 11.4 Å². The highest BCUT2D eigenvalue weighted by Gasteiger charge is 2.07. The van der Waals surface area contributed by atoms with E-state index in [2.05, 4.69) is 37.8 Å². The van der Waals surface area contributed by atoms with Crippen LogP contribution in [0.5, 0.6) is 5.75 Å². The molecule has 3 heteroatoms. The molecule has 2 N–H and O–H groups in total. The molecule has 2 nitrogen and oxygen atoms in total. The highest BCUT2D eigenvalue weighted by molar-refractivity contribution is 7.12. The average molecular weight is 285 g/mol. The third-order valence-electron chi connectivity index (χ3n) is 2.89. The largest absolute Gasteiger partial charge is 0.488 e. The number of hydrogen-bond donors (Lipinski definition) is 1. The Bertz CT molecular complexity index is 619. The topological polar surface area (TPSA) is 35.2 Å². The van der Waals surface area contributed by atoms with Gasteiger partial charge in [0.15, 0.2) is 0 Å². The lowest BCUT2D eigenvalue weighted by Crippen LogP contribution is -1.98. The molecule has 1 aromatic heterocycles. The fourth-order valence-corrected chi connectivity index (χ4v) is 2.69. The number of ether oxygens (including phenoxy) is 1. The average Bonchev–Trinajstić information content (AvgIpc) is 2.91. The van der Waals surface area contributed by atoms with Crippen molar-refractivity contribution in [1.29, 1.82) is 0 Å². The first-order chi connectivity index (χ1) is 9.70. The second-order valence-electron chi connectivity index (χ2n) is 4.75. The van der Waals surface area contributed by atoms with Crippen LogP contribution in [0.15, 0.2) is 36.4 Å². The van der Waals surface area contributed by atoms with Gasteiger partial charge in [-0.25, -0.2) is 0 Å². The molecule has 0 aliphatic rings. The Morgan fingerprint density at radius 2 is 2.00 bits per heavy atom. The van der Waals surface area contributed by atoms with Gasteiger partial charge in [-0.05, 0) is 29.7 Å². The molecule has 0 amide bonds. The number of nitrogens with two attached hydrogens (primary N) is 1. The quantitative estimate of drug-likeness (QED) is 0.868. The first-order valence-electron chi connectivity index (χ1n) is 6.70. The van der Waals surface area contributed by atoms with Gasteiger partial charge in [0, 0.05) is 4.88 Å². The summed E-state index contributed by atoms with van der Waals surface area (Å²) in [6, 6.07) is 12.3. The minimum atomic E-state index is 0.394. The second kappa shape index (κ2) is 7.14. The molecule has 2 aromatic rings. The second-order valence-corrected chi connectivity index (χ2v) is 5.92. The van der Waals surface area contributed by atoms with Gasteiger partial charge in [0.1, 0.15) is 12.4 Å². The van der Waals surface area contributed by atoms with E-state index < -0.39 is 0 Å². The predicted octanol–water partition coefficient (Wildman–Crippen LogP) is 3.76. The number of para-hydroxylation sites is 1. The molecule has 0 saturated heterocycles. The van der Waals surface area contributed by atoms with E-state index in [0.29, 0.717) is 19.1 Å². The van der Waals surface area contributed by atoms with E-state index in [1.165, 1.54) is 10.4 Å². The zero-order valence-electron chi connectivity index (χ0n) is 11.8. The molecule has 104 valence electrons. The van der Waals surface area contributed by atoms with E-state index >= 15 is 0 Å². The first kappa shape index (κ1) is 14.6. The highest BCUT2D eigenvalue weighted by atomic mass is 32.1. The van der Waals surface area contributed by atoms with E-state index in [-0.39, 0.29) is 0 Å². The molecule has 0 saturated carbocycles. The van der Waals surface area contributed by atoms with Crippen LogP contribution in [0.2, 0.25) is 0 Å². The summed E-state index contributed by atoms with van der Waals surface area (Å²) < 4.78 is 5.94. The summed E-state index contributed by atoms with van der Waals surface area (Å²) in [6.45, 7) is 5.33. The van der Waals surface area contributed by atoms with Gasteiger partial charge in [0.25, 0.3) is 0 Å². The van der Waals surface area contributed by atoms with E-state index in [9.17, 15) is 0 Å². The number of thiophene rings is 1. The Morgan fingerprint density at radius 1 is 1.20 bits per heavy atom. The van der Waals surface area contributed by atoms with Crippen LogP contribution < -0.4 is 10.5 Å².